The molecule has 4 aromatic rings. The standard InChI is InChI=1S/C21H15Cl2N3O3S2/c1-26-18-16(22)10-11-17(23)19(18)30-21(26)24-20(27)13-6-5-7-14(12-13)25-31(28,29)15-8-3-2-4-9-15/h2-12,25H,1H3. The number of thiazole rings is 1. The van der Waals surface area contributed by atoms with Crippen LogP contribution in [0, 0.1) is 0 Å². The summed E-state index contributed by atoms with van der Waals surface area (Å²) in [6, 6.07) is 17.5. The topological polar surface area (TPSA) is 80.5 Å². The number of carbonyl (C=O) groups is 1. The third-order valence-corrected chi connectivity index (χ3v) is 7.76. The summed E-state index contributed by atoms with van der Waals surface area (Å²) in [7, 11) is -2.02. The zero-order valence-corrected chi connectivity index (χ0v) is 19.2. The second-order valence-electron chi connectivity index (χ2n) is 6.57. The maximum atomic E-state index is 12.8. The lowest BCUT2D eigenvalue weighted by molar-refractivity contribution is 0.0998. The van der Waals surface area contributed by atoms with Crippen LogP contribution in [0.25, 0.3) is 10.2 Å². The van der Waals surface area contributed by atoms with Gasteiger partial charge in [-0.15, -0.1) is 0 Å². The van der Waals surface area contributed by atoms with Gasteiger partial charge in [-0.1, -0.05) is 58.8 Å². The Kier molecular flexibility index (Phi) is 5.90. The van der Waals surface area contributed by atoms with Crippen molar-refractivity contribution in [2.24, 2.45) is 12.0 Å². The molecular formula is C21H15Cl2N3O3S2. The van der Waals surface area contributed by atoms with Crippen LogP contribution in [0.15, 0.2) is 76.6 Å². The van der Waals surface area contributed by atoms with Gasteiger partial charge in [-0.2, -0.15) is 4.99 Å². The number of sulfonamides is 1. The molecular weight excluding hydrogens is 477 g/mol. The van der Waals surface area contributed by atoms with Gasteiger partial charge in [-0.3, -0.25) is 9.52 Å². The Labute approximate surface area is 192 Å². The average molecular weight is 492 g/mol. The molecule has 0 radical (unpaired) electrons. The molecule has 0 bridgehead atoms. The number of anilines is 1. The van der Waals surface area contributed by atoms with E-state index in [0.717, 1.165) is 4.70 Å². The van der Waals surface area contributed by atoms with Crippen molar-refractivity contribution in [3.63, 3.8) is 0 Å². The summed E-state index contributed by atoms with van der Waals surface area (Å²) in [4.78, 5) is 17.5. The van der Waals surface area contributed by atoms with Crippen molar-refractivity contribution in [1.29, 1.82) is 0 Å². The van der Waals surface area contributed by atoms with Crippen molar-refractivity contribution in [2.45, 2.75) is 4.90 Å². The first-order valence-electron chi connectivity index (χ1n) is 8.97. The van der Waals surface area contributed by atoms with E-state index in [-0.39, 0.29) is 16.1 Å². The van der Waals surface area contributed by atoms with E-state index in [2.05, 4.69) is 9.71 Å². The Balaban J connectivity index is 1.68. The Morgan fingerprint density at radius 2 is 1.71 bits per heavy atom. The number of hydrogen-bond acceptors (Lipinski definition) is 4. The van der Waals surface area contributed by atoms with E-state index < -0.39 is 15.9 Å². The minimum absolute atomic E-state index is 0.127. The zero-order chi connectivity index (χ0) is 22.2. The van der Waals surface area contributed by atoms with Crippen molar-refractivity contribution < 1.29 is 13.2 Å². The highest BCUT2D eigenvalue weighted by atomic mass is 35.5. The van der Waals surface area contributed by atoms with Crippen LogP contribution in [0.1, 0.15) is 10.4 Å². The number of amides is 1. The van der Waals surface area contributed by atoms with Crippen molar-refractivity contribution >= 4 is 66.4 Å². The molecule has 3 aromatic carbocycles. The van der Waals surface area contributed by atoms with Crippen LogP contribution < -0.4 is 9.52 Å². The van der Waals surface area contributed by atoms with Gasteiger partial charge in [-0.05, 0) is 42.5 Å². The number of halogens is 2. The van der Waals surface area contributed by atoms with E-state index in [0.29, 0.717) is 20.4 Å². The smallest absolute Gasteiger partial charge is 0.279 e. The maximum Gasteiger partial charge on any atom is 0.279 e. The fourth-order valence-corrected chi connectivity index (χ4v) is 5.69. The molecule has 1 heterocycles. The summed E-state index contributed by atoms with van der Waals surface area (Å²) < 4.78 is 30.0. The molecule has 0 aliphatic rings. The number of nitrogens with zero attached hydrogens (tertiary/aromatic N) is 2. The van der Waals surface area contributed by atoms with Gasteiger partial charge in [0.25, 0.3) is 15.9 Å². The van der Waals surface area contributed by atoms with Gasteiger partial charge in [0.05, 0.1) is 25.2 Å². The van der Waals surface area contributed by atoms with E-state index in [1.165, 1.54) is 29.5 Å². The first-order chi connectivity index (χ1) is 14.8. The third kappa shape index (κ3) is 4.38. The first kappa shape index (κ1) is 21.6. The Bertz CT molecular complexity index is 1480. The number of rotatable bonds is 4. The van der Waals surface area contributed by atoms with E-state index in [1.54, 1.807) is 60.1 Å². The second-order valence-corrected chi connectivity index (χ2v) is 10.0. The highest BCUT2D eigenvalue weighted by Crippen LogP contribution is 2.31. The molecule has 0 saturated heterocycles. The number of nitrogens with one attached hydrogen (secondary N) is 1. The summed E-state index contributed by atoms with van der Waals surface area (Å²) in [5.41, 5.74) is 1.19. The van der Waals surface area contributed by atoms with Gasteiger partial charge >= 0.3 is 0 Å². The van der Waals surface area contributed by atoms with E-state index in [4.69, 9.17) is 23.2 Å². The number of aromatic nitrogens is 1. The van der Waals surface area contributed by atoms with Crippen LogP contribution in [0.2, 0.25) is 10.0 Å². The molecule has 1 aromatic heterocycles. The fraction of sp³-hybridized carbons (Fsp3) is 0.0476. The third-order valence-electron chi connectivity index (χ3n) is 4.46. The second kappa shape index (κ2) is 8.47. The molecule has 158 valence electrons. The monoisotopic (exact) mass is 491 g/mol. The van der Waals surface area contributed by atoms with Gasteiger partial charge in [0.2, 0.25) is 0 Å². The van der Waals surface area contributed by atoms with Gasteiger partial charge in [-0.25, -0.2) is 8.42 Å². The molecule has 0 aliphatic carbocycles. The van der Waals surface area contributed by atoms with E-state index in [1.807, 2.05) is 0 Å². The largest absolute Gasteiger partial charge is 0.318 e. The summed E-state index contributed by atoms with van der Waals surface area (Å²) in [6.07, 6.45) is 0. The summed E-state index contributed by atoms with van der Waals surface area (Å²) in [5.74, 6) is -0.518. The highest BCUT2D eigenvalue weighted by Gasteiger charge is 2.15. The Morgan fingerprint density at radius 3 is 2.42 bits per heavy atom. The number of carbonyl (C=O) groups excluding carboxylic acids is 1. The van der Waals surface area contributed by atoms with E-state index in [9.17, 15) is 13.2 Å². The predicted octanol–water partition coefficient (Wildman–Crippen LogP) is 5.09. The van der Waals surface area contributed by atoms with Crippen molar-refractivity contribution in [1.82, 2.24) is 4.57 Å². The summed E-state index contributed by atoms with van der Waals surface area (Å²) in [6.45, 7) is 0. The summed E-state index contributed by atoms with van der Waals surface area (Å²) in [5, 5.41) is 1.02. The molecule has 0 unspecified atom stereocenters. The van der Waals surface area contributed by atoms with Gasteiger partial charge in [0.15, 0.2) is 4.80 Å². The number of aryl methyl sites for hydroxylation is 1. The van der Waals surface area contributed by atoms with Crippen molar-refractivity contribution in [3.8, 4) is 0 Å². The Morgan fingerprint density at radius 1 is 1.00 bits per heavy atom. The van der Waals surface area contributed by atoms with Crippen LogP contribution in [0.4, 0.5) is 5.69 Å². The average Bonchev–Trinajstić information content (AvgIpc) is 3.08. The van der Waals surface area contributed by atoms with Crippen molar-refractivity contribution in [3.05, 3.63) is 87.1 Å². The lowest BCUT2D eigenvalue weighted by atomic mass is 10.2. The van der Waals surface area contributed by atoms with Gasteiger partial charge < -0.3 is 4.57 Å². The molecule has 10 heteroatoms. The molecule has 0 atom stereocenters. The SMILES string of the molecule is Cn1c(=NC(=O)c2cccc(NS(=O)(=O)c3ccccc3)c2)sc2c(Cl)ccc(Cl)c21. The molecule has 0 fully saturated rings. The maximum absolute atomic E-state index is 12.8. The molecule has 0 spiro atoms. The lowest BCUT2D eigenvalue weighted by Crippen LogP contribution is -2.14. The molecule has 1 amide bonds. The Hall–Kier alpha value is -2.65. The molecule has 4 rings (SSSR count). The molecule has 0 aliphatic heterocycles. The number of fused-ring (bicyclic) bond motifs is 1. The minimum atomic E-state index is -3.77. The molecule has 6 nitrogen and oxygen atoms in total. The zero-order valence-electron chi connectivity index (χ0n) is 16.0. The molecule has 0 saturated carbocycles. The van der Waals surface area contributed by atoms with Gasteiger partial charge in [0, 0.05) is 18.3 Å². The van der Waals surface area contributed by atoms with Crippen LogP contribution in [0.3, 0.4) is 0 Å². The van der Waals surface area contributed by atoms with Crippen LogP contribution >= 0.6 is 34.5 Å². The lowest BCUT2D eigenvalue weighted by Gasteiger charge is -2.08. The first-order valence-corrected chi connectivity index (χ1v) is 12.0. The van der Waals surface area contributed by atoms with E-state index >= 15 is 0 Å². The van der Waals surface area contributed by atoms with Crippen LogP contribution in [-0.4, -0.2) is 18.9 Å². The number of benzene rings is 3. The molecule has 31 heavy (non-hydrogen) atoms. The highest BCUT2D eigenvalue weighted by molar-refractivity contribution is 7.92. The summed E-state index contributed by atoms with van der Waals surface area (Å²) >= 11 is 13.8. The minimum Gasteiger partial charge on any atom is -0.318 e. The van der Waals surface area contributed by atoms with Crippen LogP contribution in [-0.2, 0) is 17.1 Å². The predicted molar refractivity (Wildman–Crippen MR) is 124 cm³/mol. The number of hydrogen-bond donors (Lipinski definition) is 1. The normalized spacial score (nSPS) is 12.3. The van der Waals surface area contributed by atoms with Gasteiger partial charge in [0.1, 0.15) is 0 Å². The van der Waals surface area contributed by atoms with Crippen LogP contribution in [0.5, 0.6) is 0 Å². The fourth-order valence-electron chi connectivity index (χ4n) is 2.97. The quantitative estimate of drug-likeness (QED) is 0.431. The van der Waals surface area contributed by atoms with Crippen molar-refractivity contribution in [2.75, 3.05) is 4.72 Å². The molecule has 1 N–H and O–H groups in total.